The molecule has 1 amide bonds. The number of aromatic nitrogens is 2. The zero-order valence-electron chi connectivity index (χ0n) is 10.7. The molecule has 5 nitrogen and oxygen atoms in total. The summed E-state index contributed by atoms with van der Waals surface area (Å²) in [7, 11) is 0. The molecular weight excluding hydrogens is 308 g/mol. The summed E-state index contributed by atoms with van der Waals surface area (Å²) in [6.07, 6.45) is 3.44. The van der Waals surface area contributed by atoms with E-state index in [1.807, 2.05) is 13.8 Å². The summed E-state index contributed by atoms with van der Waals surface area (Å²) in [6, 6.07) is 3.43. The van der Waals surface area contributed by atoms with Crippen LogP contribution in [0.2, 0.25) is 0 Å². The second-order valence-corrected chi connectivity index (χ2v) is 5.31. The summed E-state index contributed by atoms with van der Waals surface area (Å²) in [5.74, 6) is -0.154. The number of anilines is 1. The van der Waals surface area contributed by atoms with Crippen LogP contribution in [0.5, 0.6) is 0 Å². The van der Waals surface area contributed by atoms with Crippen molar-refractivity contribution in [1.29, 1.82) is 0 Å². The van der Waals surface area contributed by atoms with E-state index in [-0.39, 0.29) is 11.9 Å². The molecule has 0 aliphatic carbocycles. The molecular formula is C13H15BrN4O. The Bertz CT molecular complexity index is 595. The molecule has 0 saturated carbocycles. The number of carbonyl (C=O) groups is 1. The lowest BCUT2D eigenvalue weighted by Crippen LogP contribution is -2.27. The Hall–Kier alpha value is -1.82. The number of carbonyl (C=O) groups excluding carboxylic acids is 1. The van der Waals surface area contributed by atoms with Crippen LogP contribution in [0.4, 0.5) is 5.69 Å². The van der Waals surface area contributed by atoms with Crippen molar-refractivity contribution in [3.8, 4) is 0 Å². The van der Waals surface area contributed by atoms with Gasteiger partial charge in [-0.3, -0.25) is 9.89 Å². The molecule has 1 heterocycles. The first-order valence-corrected chi connectivity index (χ1v) is 6.63. The summed E-state index contributed by atoms with van der Waals surface area (Å²) in [5.41, 5.74) is 8.73. The Morgan fingerprint density at radius 2 is 2.26 bits per heavy atom. The van der Waals surface area contributed by atoms with Gasteiger partial charge in [-0.05, 0) is 31.5 Å². The average Bonchev–Trinajstić information content (AvgIpc) is 2.87. The second kappa shape index (κ2) is 5.44. The largest absolute Gasteiger partial charge is 0.398 e. The van der Waals surface area contributed by atoms with E-state index < -0.39 is 0 Å². The van der Waals surface area contributed by atoms with Gasteiger partial charge in [-0.1, -0.05) is 15.9 Å². The van der Waals surface area contributed by atoms with E-state index in [1.54, 1.807) is 24.5 Å². The first kappa shape index (κ1) is 13.6. The second-order valence-electron chi connectivity index (χ2n) is 4.39. The highest BCUT2D eigenvalue weighted by molar-refractivity contribution is 9.10. The fourth-order valence-electron chi connectivity index (χ4n) is 1.79. The molecule has 6 heteroatoms. The molecule has 0 bridgehead atoms. The molecule has 2 aromatic rings. The maximum atomic E-state index is 12.3. The highest BCUT2D eigenvalue weighted by Gasteiger charge is 2.15. The molecule has 0 saturated heterocycles. The Labute approximate surface area is 119 Å². The van der Waals surface area contributed by atoms with Gasteiger partial charge in [-0.25, -0.2) is 0 Å². The fourth-order valence-corrected chi connectivity index (χ4v) is 2.27. The number of hydrogen-bond donors (Lipinski definition) is 3. The third-order valence-corrected chi connectivity index (χ3v) is 3.48. The minimum absolute atomic E-state index is 0.120. The smallest absolute Gasteiger partial charge is 0.252 e. The van der Waals surface area contributed by atoms with E-state index in [0.29, 0.717) is 11.3 Å². The van der Waals surface area contributed by atoms with Crippen LogP contribution in [0.15, 0.2) is 29.0 Å². The van der Waals surface area contributed by atoms with E-state index in [0.717, 1.165) is 15.6 Å². The molecule has 0 aliphatic heterocycles. The molecule has 1 atom stereocenters. The Morgan fingerprint density at radius 1 is 1.53 bits per heavy atom. The van der Waals surface area contributed by atoms with Gasteiger partial charge in [-0.15, -0.1) is 0 Å². The maximum absolute atomic E-state index is 12.3. The van der Waals surface area contributed by atoms with Crippen LogP contribution in [0.25, 0.3) is 0 Å². The maximum Gasteiger partial charge on any atom is 0.252 e. The third kappa shape index (κ3) is 2.96. The number of hydrogen-bond acceptors (Lipinski definition) is 3. The van der Waals surface area contributed by atoms with Gasteiger partial charge in [0.2, 0.25) is 0 Å². The first-order chi connectivity index (χ1) is 8.99. The fraction of sp³-hybridized carbons (Fsp3) is 0.231. The normalized spacial score (nSPS) is 12.2. The number of benzene rings is 1. The molecule has 0 radical (unpaired) electrons. The van der Waals surface area contributed by atoms with Crippen molar-refractivity contribution >= 4 is 27.5 Å². The monoisotopic (exact) mass is 322 g/mol. The topological polar surface area (TPSA) is 83.8 Å². The van der Waals surface area contributed by atoms with Gasteiger partial charge in [0.1, 0.15) is 0 Å². The van der Waals surface area contributed by atoms with Crippen LogP contribution in [-0.4, -0.2) is 16.1 Å². The molecule has 1 unspecified atom stereocenters. The van der Waals surface area contributed by atoms with Gasteiger partial charge < -0.3 is 11.1 Å². The molecule has 4 N–H and O–H groups in total. The van der Waals surface area contributed by atoms with E-state index >= 15 is 0 Å². The molecule has 1 aromatic carbocycles. The molecule has 0 fully saturated rings. The summed E-state index contributed by atoms with van der Waals surface area (Å²) >= 11 is 3.35. The zero-order valence-corrected chi connectivity index (χ0v) is 12.3. The van der Waals surface area contributed by atoms with Crippen LogP contribution in [0.1, 0.15) is 34.5 Å². The lowest BCUT2D eigenvalue weighted by Gasteiger charge is -2.14. The van der Waals surface area contributed by atoms with E-state index in [4.69, 9.17) is 5.73 Å². The Balaban J connectivity index is 2.21. The Kier molecular flexibility index (Phi) is 3.90. The molecule has 1 aromatic heterocycles. The van der Waals surface area contributed by atoms with Gasteiger partial charge >= 0.3 is 0 Å². The van der Waals surface area contributed by atoms with Crippen molar-refractivity contribution in [2.24, 2.45) is 0 Å². The van der Waals surface area contributed by atoms with Gasteiger partial charge in [0, 0.05) is 27.5 Å². The first-order valence-electron chi connectivity index (χ1n) is 5.84. The van der Waals surface area contributed by atoms with Crippen molar-refractivity contribution in [3.63, 3.8) is 0 Å². The summed E-state index contributed by atoms with van der Waals surface area (Å²) in [5, 5.41) is 9.51. The van der Waals surface area contributed by atoms with Crippen molar-refractivity contribution < 1.29 is 4.79 Å². The van der Waals surface area contributed by atoms with Gasteiger partial charge in [0.05, 0.1) is 12.2 Å². The van der Waals surface area contributed by atoms with E-state index in [2.05, 4.69) is 31.4 Å². The predicted molar refractivity (Wildman–Crippen MR) is 77.8 cm³/mol. The van der Waals surface area contributed by atoms with Gasteiger partial charge in [0.15, 0.2) is 0 Å². The minimum Gasteiger partial charge on any atom is -0.398 e. The number of halogens is 1. The van der Waals surface area contributed by atoms with E-state index in [1.165, 1.54) is 0 Å². The molecule has 2 rings (SSSR count). The van der Waals surface area contributed by atoms with Gasteiger partial charge in [-0.2, -0.15) is 5.10 Å². The summed E-state index contributed by atoms with van der Waals surface area (Å²) in [4.78, 5) is 12.3. The number of nitrogens with zero attached hydrogens (tertiary/aromatic N) is 1. The number of nitrogens with one attached hydrogen (secondary N) is 2. The number of nitrogen functional groups attached to an aromatic ring is 1. The van der Waals surface area contributed by atoms with Crippen molar-refractivity contribution in [2.45, 2.75) is 19.9 Å². The zero-order chi connectivity index (χ0) is 14.0. The minimum atomic E-state index is -0.154. The SMILES string of the molecule is Cc1c(N)cc(Br)cc1C(=O)NC(C)c1cn[nH]c1. The number of H-pyrrole nitrogens is 1. The van der Waals surface area contributed by atoms with Crippen LogP contribution >= 0.6 is 15.9 Å². The third-order valence-electron chi connectivity index (χ3n) is 3.02. The highest BCUT2D eigenvalue weighted by atomic mass is 79.9. The summed E-state index contributed by atoms with van der Waals surface area (Å²) < 4.78 is 0.789. The molecule has 0 aliphatic rings. The lowest BCUT2D eigenvalue weighted by atomic mass is 10.1. The van der Waals surface area contributed by atoms with E-state index in [9.17, 15) is 4.79 Å². The number of nitrogens with two attached hydrogens (primary N) is 1. The average molecular weight is 323 g/mol. The molecule has 0 spiro atoms. The highest BCUT2D eigenvalue weighted by Crippen LogP contribution is 2.23. The molecule has 100 valence electrons. The predicted octanol–water partition coefficient (Wildman–Crippen LogP) is 2.55. The van der Waals surface area contributed by atoms with Crippen LogP contribution in [-0.2, 0) is 0 Å². The number of rotatable bonds is 3. The number of amides is 1. The quantitative estimate of drug-likeness (QED) is 0.759. The van der Waals surface area contributed by atoms with Crippen molar-refractivity contribution in [3.05, 3.63) is 45.7 Å². The van der Waals surface area contributed by atoms with Crippen molar-refractivity contribution in [1.82, 2.24) is 15.5 Å². The Morgan fingerprint density at radius 3 is 2.89 bits per heavy atom. The standard InChI is InChI=1S/C13H15BrN4O/c1-7-11(3-10(14)4-12(7)15)13(19)18-8(2)9-5-16-17-6-9/h3-6,8H,15H2,1-2H3,(H,16,17)(H,18,19). The number of aromatic amines is 1. The van der Waals surface area contributed by atoms with Crippen LogP contribution in [0.3, 0.4) is 0 Å². The molecule has 19 heavy (non-hydrogen) atoms. The van der Waals surface area contributed by atoms with Crippen LogP contribution < -0.4 is 11.1 Å². The summed E-state index contributed by atoms with van der Waals surface area (Å²) in [6.45, 7) is 3.73. The lowest BCUT2D eigenvalue weighted by molar-refractivity contribution is 0.0939. The van der Waals surface area contributed by atoms with Crippen LogP contribution in [0, 0.1) is 6.92 Å². The van der Waals surface area contributed by atoms with Gasteiger partial charge in [0.25, 0.3) is 5.91 Å². The van der Waals surface area contributed by atoms with Crippen molar-refractivity contribution in [2.75, 3.05) is 5.73 Å².